The van der Waals surface area contributed by atoms with Gasteiger partial charge in [-0.05, 0) is 6.42 Å². The molecule has 0 saturated carbocycles. The molecule has 0 aromatic rings. The molecule has 2 unspecified atom stereocenters. The highest BCUT2D eigenvalue weighted by Gasteiger charge is 2.10. The number of aliphatic carboxylic acids is 1. The van der Waals surface area contributed by atoms with Crippen LogP contribution < -0.4 is 5.73 Å². The van der Waals surface area contributed by atoms with Crippen LogP contribution >= 0.6 is 0 Å². The average Bonchev–Trinajstić information content (AvgIpc) is 1.97. The molecule has 0 aromatic heterocycles. The molecular formula is C4H8NO6S-. The van der Waals surface area contributed by atoms with Gasteiger partial charge in [-0.1, -0.05) is 0 Å². The Hall–Kier alpha value is -0.540. The van der Waals surface area contributed by atoms with Gasteiger partial charge >= 0.3 is 5.97 Å². The van der Waals surface area contributed by atoms with Crippen LogP contribution in [0.2, 0.25) is 0 Å². The molecule has 0 aliphatic rings. The van der Waals surface area contributed by atoms with Crippen molar-refractivity contribution < 1.29 is 27.9 Å². The molecule has 3 N–H and O–H groups in total. The van der Waals surface area contributed by atoms with E-state index in [4.69, 9.17) is 10.8 Å². The summed E-state index contributed by atoms with van der Waals surface area (Å²) in [7, 11) is 0. The predicted molar refractivity (Wildman–Crippen MR) is 36.2 cm³/mol. The van der Waals surface area contributed by atoms with Crippen molar-refractivity contribution in [2.45, 2.75) is 12.5 Å². The van der Waals surface area contributed by atoms with Crippen LogP contribution in [-0.2, 0) is 25.4 Å². The summed E-state index contributed by atoms with van der Waals surface area (Å²) >= 11 is -2.75. The molecule has 12 heavy (non-hydrogen) atoms. The van der Waals surface area contributed by atoms with Crippen LogP contribution in [0.15, 0.2) is 0 Å². The Morgan fingerprint density at radius 1 is 1.75 bits per heavy atom. The average molecular weight is 198 g/mol. The molecular weight excluding hydrogens is 190 g/mol. The first-order valence-electron chi connectivity index (χ1n) is 2.91. The van der Waals surface area contributed by atoms with Crippen molar-refractivity contribution in [3.05, 3.63) is 0 Å². The van der Waals surface area contributed by atoms with Crippen LogP contribution in [0.5, 0.6) is 0 Å². The molecule has 0 heterocycles. The second-order valence-electron chi connectivity index (χ2n) is 1.83. The van der Waals surface area contributed by atoms with Gasteiger partial charge in [-0.25, -0.2) is 9.10 Å². The summed E-state index contributed by atoms with van der Waals surface area (Å²) in [4.78, 5) is 14.1. The van der Waals surface area contributed by atoms with E-state index >= 15 is 0 Å². The van der Waals surface area contributed by atoms with E-state index in [0.717, 1.165) is 0 Å². The summed E-state index contributed by atoms with van der Waals surface area (Å²) in [6, 6.07) is -1.08. The van der Waals surface area contributed by atoms with E-state index in [0.29, 0.717) is 0 Å². The summed E-state index contributed by atoms with van der Waals surface area (Å²) in [6.07, 6.45) is -0.0213. The lowest BCUT2D eigenvalue weighted by Crippen LogP contribution is -2.31. The van der Waals surface area contributed by atoms with Crippen molar-refractivity contribution >= 4 is 17.3 Å². The third kappa shape index (κ3) is 6.19. The Morgan fingerprint density at radius 2 is 2.33 bits per heavy atom. The summed E-state index contributed by atoms with van der Waals surface area (Å²) in [6.45, 7) is -0.193. The third-order valence-electron chi connectivity index (χ3n) is 0.933. The topological polar surface area (TPSA) is 122 Å². The molecule has 0 aliphatic heterocycles. The summed E-state index contributed by atoms with van der Waals surface area (Å²) in [5.74, 6) is -1.18. The zero-order valence-electron chi connectivity index (χ0n) is 5.97. The lowest BCUT2D eigenvalue weighted by atomic mass is 10.2. The highest BCUT2D eigenvalue weighted by molar-refractivity contribution is 7.73. The Balaban J connectivity index is 3.31. The molecule has 0 saturated heterocycles. The minimum Gasteiger partial charge on any atom is -0.748 e. The molecule has 8 heteroatoms. The number of rotatable bonds is 6. The van der Waals surface area contributed by atoms with Gasteiger partial charge in [0.05, 0.1) is 6.61 Å². The standard InChI is InChI=1S/C4H9NO6S/c5-3(4(6)7)1-2-10-11-12(8)9/h3H,1-2,5H2,(H,6,7)(H,8,9)/p-1. The Labute approximate surface area is 70.9 Å². The molecule has 0 bridgehead atoms. The summed E-state index contributed by atoms with van der Waals surface area (Å²) in [5.41, 5.74) is 5.04. The van der Waals surface area contributed by atoms with Gasteiger partial charge in [0.15, 0.2) is 0 Å². The van der Waals surface area contributed by atoms with Gasteiger partial charge < -0.3 is 15.4 Å². The van der Waals surface area contributed by atoms with E-state index in [1.807, 2.05) is 0 Å². The maximum Gasteiger partial charge on any atom is 0.320 e. The van der Waals surface area contributed by atoms with Crippen molar-refractivity contribution in [2.75, 3.05) is 6.61 Å². The maximum atomic E-state index is 10.1. The molecule has 0 aliphatic carbocycles. The summed E-state index contributed by atoms with van der Waals surface area (Å²) < 4.78 is 23.0. The van der Waals surface area contributed by atoms with Gasteiger partial charge in [-0.2, -0.15) is 0 Å². The zero-order chi connectivity index (χ0) is 9.56. The number of hydrogen-bond donors (Lipinski definition) is 2. The predicted octanol–water partition coefficient (Wildman–Crippen LogP) is -1.47. The van der Waals surface area contributed by atoms with E-state index in [-0.39, 0.29) is 13.0 Å². The third-order valence-corrected chi connectivity index (χ3v) is 1.14. The Kier molecular flexibility index (Phi) is 5.76. The van der Waals surface area contributed by atoms with Gasteiger partial charge in [0, 0.05) is 0 Å². The highest BCUT2D eigenvalue weighted by atomic mass is 32.2. The Morgan fingerprint density at radius 3 is 2.75 bits per heavy atom. The van der Waals surface area contributed by atoms with Crippen LogP contribution in [0, 0.1) is 0 Å². The van der Waals surface area contributed by atoms with Crippen LogP contribution in [0.1, 0.15) is 6.42 Å². The zero-order valence-corrected chi connectivity index (χ0v) is 6.78. The molecule has 72 valence electrons. The van der Waals surface area contributed by atoms with Gasteiger partial charge in [0.1, 0.15) is 17.4 Å². The lowest BCUT2D eigenvalue weighted by molar-refractivity contribution is -0.204. The minimum atomic E-state index is -2.75. The number of carbonyl (C=O) groups is 1. The van der Waals surface area contributed by atoms with Gasteiger partial charge in [-0.15, -0.1) is 4.33 Å². The smallest absolute Gasteiger partial charge is 0.320 e. The number of hydrogen-bond acceptors (Lipinski definition) is 6. The van der Waals surface area contributed by atoms with Gasteiger partial charge in [0.25, 0.3) is 0 Å². The van der Waals surface area contributed by atoms with Crippen LogP contribution in [0.4, 0.5) is 0 Å². The van der Waals surface area contributed by atoms with E-state index in [2.05, 4.69) is 9.22 Å². The first-order valence-corrected chi connectivity index (χ1v) is 3.91. The van der Waals surface area contributed by atoms with Crippen LogP contribution in [0.25, 0.3) is 0 Å². The van der Waals surface area contributed by atoms with Gasteiger partial charge in [0.2, 0.25) is 0 Å². The fraction of sp³-hybridized carbons (Fsp3) is 0.750. The van der Waals surface area contributed by atoms with E-state index in [1.165, 1.54) is 0 Å². The number of carboxylic acid groups (broad SMARTS) is 1. The van der Waals surface area contributed by atoms with Crippen LogP contribution in [0.3, 0.4) is 0 Å². The molecule has 0 spiro atoms. The molecule has 0 aromatic carbocycles. The van der Waals surface area contributed by atoms with Crippen molar-refractivity contribution in [2.24, 2.45) is 5.73 Å². The lowest BCUT2D eigenvalue weighted by Gasteiger charge is -2.06. The van der Waals surface area contributed by atoms with E-state index in [1.54, 1.807) is 0 Å². The second kappa shape index (κ2) is 6.03. The molecule has 7 nitrogen and oxygen atoms in total. The fourth-order valence-electron chi connectivity index (χ4n) is 0.372. The SMILES string of the molecule is NC(CCOOS(=O)[O-])C(=O)O. The monoisotopic (exact) mass is 198 g/mol. The van der Waals surface area contributed by atoms with Crippen LogP contribution in [-0.4, -0.2) is 32.5 Å². The molecule has 2 atom stereocenters. The second-order valence-corrected chi connectivity index (χ2v) is 2.37. The van der Waals surface area contributed by atoms with Crippen molar-refractivity contribution in [3.8, 4) is 0 Å². The van der Waals surface area contributed by atoms with Crippen molar-refractivity contribution in [3.63, 3.8) is 0 Å². The maximum absolute atomic E-state index is 10.1. The molecule has 0 radical (unpaired) electrons. The first kappa shape index (κ1) is 11.5. The highest BCUT2D eigenvalue weighted by Crippen LogP contribution is 1.91. The molecule has 0 rings (SSSR count). The molecule has 0 fully saturated rings. The van der Waals surface area contributed by atoms with E-state index < -0.39 is 23.4 Å². The number of carboxylic acids is 1. The normalized spacial score (nSPS) is 15.5. The number of nitrogens with two attached hydrogens (primary N) is 1. The summed E-state index contributed by atoms with van der Waals surface area (Å²) in [5, 5.41) is 8.25. The first-order chi connectivity index (χ1) is 5.54. The quantitative estimate of drug-likeness (QED) is 0.231. The minimum absolute atomic E-state index is 0.0213. The van der Waals surface area contributed by atoms with Crippen molar-refractivity contribution in [1.82, 2.24) is 0 Å². The largest absolute Gasteiger partial charge is 0.748 e. The molecule has 0 amide bonds. The van der Waals surface area contributed by atoms with Crippen molar-refractivity contribution in [1.29, 1.82) is 0 Å². The fourth-order valence-corrected chi connectivity index (χ4v) is 0.518. The van der Waals surface area contributed by atoms with Gasteiger partial charge in [-0.3, -0.25) is 4.79 Å². The van der Waals surface area contributed by atoms with E-state index in [9.17, 15) is 13.6 Å². The Bertz CT molecular complexity index is 173.